The highest BCUT2D eigenvalue weighted by Gasteiger charge is 2.36. The van der Waals surface area contributed by atoms with Crippen LogP contribution in [0.4, 0.5) is 5.69 Å². The lowest BCUT2D eigenvalue weighted by molar-refractivity contribution is -0.136. The number of aliphatic carboxylic acids is 1. The molecule has 1 atom stereocenters. The first kappa shape index (κ1) is 16.1. The van der Waals surface area contributed by atoms with Crippen LogP contribution in [0.2, 0.25) is 0 Å². The van der Waals surface area contributed by atoms with Crippen LogP contribution in [0.1, 0.15) is 29.2 Å². The zero-order chi connectivity index (χ0) is 17.3. The van der Waals surface area contributed by atoms with E-state index >= 15 is 0 Å². The summed E-state index contributed by atoms with van der Waals surface area (Å²) in [4.78, 5) is 25.4. The Morgan fingerprint density at radius 1 is 1.21 bits per heavy atom. The Morgan fingerprint density at radius 3 is 2.58 bits per heavy atom. The minimum Gasteiger partial charge on any atom is -0.481 e. The highest BCUT2D eigenvalue weighted by atomic mass is 16.5. The Morgan fingerprint density at radius 2 is 1.92 bits per heavy atom. The lowest BCUT2D eigenvalue weighted by Crippen LogP contribution is -2.42. The largest absolute Gasteiger partial charge is 0.481 e. The Labute approximate surface area is 140 Å². The fraction of sp³-hybridized carbons (Fsp3) is 0.263. The predicted octanol–water partition coefficient (Wildman–Crippen LogP) is 3.24. The molecule has 0 spiro atoms. The molecule has 0 saturated heterocycles. The van der Waals surface area contributed by atoms with Gasteiger partial charge in [0, 0.05) is 12.1 Å². The molecular formula is C19H19NO4. The van der Waals surface area contributed by atoms with Gasteiger partial charge >= 0.3 is 5.97 Å². The van der Waals surface area contributed by atoms with Gasteiger partial charge in [-0.15, -0.1) is 0 Å². The summed E-state index contributed by atoms with van der Waals surface area (Å²) in [5.41, 5.74) is 3.33. The number of carbonyl (C=O) groups is 2. The Kier molecular flexibility index (Phi) is 4.25. The van der Waals surface area contributed by atoms with E-state index in [0.29, 0.717) is 11.4 Å². The number of aryl methyl sites for hydroxylation is 2. The van der Waals surface area contributed by atoms with E-state index in [1.54, 1.807) is 0 Å². The SMILES string of the molecule is Cc1cc(C)c2c(c1)N(CCC(=O)O)C(=O)C(c1ccccc1)O2. The molecule has 24 heavy (non-hydrogen) atoms. The normalized spacial score (nSPS) is 16.5. The lowest BCUT2D eigenvalue weighted by Gasteiger charge is -2.35. The molecule has 0 radical (unpaired) electrons. The smallest absolute Gasteiger partial charge is 0.305 e. The summed E-state index contributed by atoms with van der Waals surface area (Å²) in [5.74, 6) is -0.532. The third-order valence-corrected chi connectivity index (χ3v) is 4.07. The molecule has 1 N–H and O–H groups in total. The number of carboxylic acid groups (broad SMARTS) is 1. The summed E-state index contributed by atoms with van der Waals surface area (Å²) in [6, 6.07) is 13.1. The fourth-order valence-electron chi connectivity index (χ4n) is 2.99. The highest BCUT2D eigenvalue weighted by Crippen LogP contribution is 2.41. The van der Waals surface area contributed by atoms with Crippen molar-refractivity contribution < 1.29 is 19.4 Å². The van der Waals surface area contributed by atoms with Crippen LogP contribution in [0.3, 0.4) is 0 Å². The van der Waals surface area contributed by atoms with Crippen LogP contribution in [-0.4, -0.2) is 23.5 Å². The number of hydrogen-bond acceptors (Lipinski definition) is 3. The molecule has 1 unspecified atom stereocenters. The third-order valence-electron chi connectivity index (χ3n) is 4.07. The zero-order valence-corrected chi connectivity index (χ0v) is 13.7. The van der Waals surface area contributed by atoms with Gasteiger partial charge in [0.2, 0.25) is 6.10 Å². The van der Waals surface area contributed by atoms with Crippen molar-refractivity contribution in [3.05, 3.63) is 59.2 Å². The number of nitrogens with zero attached hydrogens (tertiary/aromatic N) is 1. The van der Waals surface area contributed by atoms with Gasteiger partial charge in [-0.3, -0.25) is 9.59 Å². The molecular weight excluding hydrogens is 306 g/mol. The van der Waals surface area contributed by atoms with Crippen LogP contribution in [0.15, 0.2) is 42.5 Å². The fourth-order valence-corrected chi connectivity index (χ4v) is 2.99. The molecule has 124 valence electrons. The monoisotopic (exact) mass is 325 g/mol. The molecule has 5 nitrogen and oxygen atoms in total. The Balaban J connectivity index is 2.06. The van der Waals surface area contributed by atoms with Crippen LogP contribution in [-0.2, 0) is 9.59 Å². The number of rotatable bonds is 4. The van der Waals surface area contributed by atoms with Crippen molar-refractivity contribution in [3.8, 4) is 5.75 Å². The van der Waals surface area contributed by atoms with Crippen LogP contribution in [0, 0.1) is 13.8 Å². The number of fused-ring (bicyclic) bond motifs is 1. The van der Waals surface area contributed by atoms with E-state index in [9.17, 15) is 9.59 Å². The number of anilines is 1. The summed E-state index contributed by atoms with van der Waals surface area (Å²) >= 11 is 0. The van der Waals surface area contributed by atoms with Gasteiger partial charge in [-0.2, -0.15) is 0 Å². The lowest BCUT2D eigenvalue weighted by atomic mass is 10.0. The van der Waals surface area contributed by atoms with E-state index in [1.807, 2.05) is 56.3 Å². The zero-order valence-electron chi connectivity index (χ0n) is 13.7. The molecule has 0 aromatic heterocycles. The molecule has 1 amide bonds. The maximum Gasteiger partial charge on any atom is 0.305 e. The van der Waals surface area contributed by atoms with Crippen LogP contribution in [0.5, 0.6) is 5.75 Å². The minimum absolute atomic E-state index is 0.111. The summed E-state index contributed by atoms with van der Waals surface area (Å²) in [6.07, 6.45) is -0.867. The maximum absolute atomic E-state index is 12.9. The van der Waals surface area contributed by atoms with Gasteiger partial charge in [0.1, 0.15) is 5.75 Å². The molecule has 0 aliphatic carbocycles. The number of carboxylic acids is 1. The summed E-state index contributed by atoms with van der Waals surface area (Å²) in [6.45, 7) is 3.99. The maximum atomic E-state index is 12.9. The van der Waals surface area contributed by atoms with Crippen LogP contribution < -0.4 is 9.64 Å². The first-order valence-electron chi connectivity index (χ1n) is 7.83. The summed E-state index contributed by atoms with van der Waals surface area (Å²) in [5, 5.41) is 9.00. The van der Waals surface area contributed by atoms with E-state index in [4.69, 9.17) is 9.84 Å². The van der Waals surface area contributed by atoms with Crippen molar-refractivity contribution in [1.29, 1.82) is 0 Å². The summed E-state index contributed by atoms with van der Waals surface area (Å²) < 4.78 is 6.01. The van der Waals surface area contributed by atoms with Gasteiger partial charge in [0.15, 0.2) is 0 Å². The van der Waals surface area contributed by atoms with Crippen molar-refractivity contribution >= 4 is 17.6 Å². The van der Waals surface area contributed by atoms with E-state index < -0.39 is 12.1 Å². The molecule has 2 aromatic carbocycles. The quantitative estimate of drug-likeness (QED) is 0.937. The predicted molar refractivity (Wildman–Crippen MR) is 90.3 cm³/mol. The number of carbonyl (C=O) groups excluding carboxylic acids is 1. The van der Waals surface area contributed by atoms with Gasteiger partial charge in [-0.05, 0) is 31.0 Å². The highest BCUT2D eigenvalue weighted by molar-refractivity contribution is 6.01. The first-order valence-corrected chi connectivity index (χ1v) is 7.83. The average molecular weight is 325 g/mol. The van der Waals surface area contributed by atoms with Crippen molar-refractivity contribution in [2.24, 2.45) is 0 Å². The van der Waals surface area contributed by atoms with Crippen molar-refractivity contribution in [1.82, 2.24) is 0 Å². The number of ether oxygens (including phenoxy) is 1. The number of amides is 1. The molecule has 0 bridgehead atoms. The molecule has 0 saturated carbocycles. The van der Waals surface area contributed by atoms with Gasteiger partial charge < -0.3 is 14.7 Å². The second-order valence-electron chi connectivity index (χ2n) is 5.97. The van der Waals surface area contributed by atoms with Crippen molar-refractivity contribution in [2.45, 2.75) is 26.4 Å². The van der Waals surface area contributed by atoms with Crippen LogP contribution >= 0.6 is 0 Å². The van der Waals surface area contributed by atoms with Crippen LogP contribution in [0.25, 0.3) is 0 Å². The number of hydrogen-bond donors (Lipinski definition) is 1. The van der Waals surface area contributed by atoms with E-state index in [-0.39, 0.29) is 18.9 Å². The molecule has 2 aromatic rings. The van der Waals surface area contributed by atoms with Gasteiger partial charge in [0.25, 0.3) is 5.91 Å². The van der Waals surface area contributed by atoms with E-state index in [1.165, 1.54) is 4.90 Å². The van der Waals surface area contributed by atoms with Gasteiger partial charge in [-0.25, -0.2) is 0 Å². The first-order chi connectivity index (χ1) is 11.5. The standard InChI is InChI=1S/C19H19NO4/c1-12-10-13(2)17-15(11-12)20(9-8-16(21)22)19(23)18(24-17)14-6-4-3-5-7-14/h3-7,10-11,18H,8-9H2,1-2H3,(H,21,22). The third kappa shape index (κ3) is 2.97. The second kappa shape index (κ2) is 6.35. The Bertz CT molecular complexity index is 785. The minimum atomic E-state index is -0.934. The number of benzene rings is 2. The molecule has 1 aliphatic rings. The molecule has 5 heteroatoms. The van der Waals surface area contributed by atoms with E-state index in [2.05, 4.69) is 0 Å². The Hall–Kier alpha value is -2.82. The van der Waals surface area contributed by atoms with Crippen molar-refractivity contribution in [2.75, 3.05) is 11.4 Å². The molecule has 1 aliphatic heterocycles. The molecule has 1 heterocycles. The average Bonchev–Trinajstić information content (AvgIpc) is 2.54. The second-order valence-corrected chi connectivity index (χ2v) is 5.97. The summed E-state index contributed by atoms with van der Waals surface area (Å²) in [7, 11) is 0. The topological polar surface area (TPSA) is 66.8 Å². The van der Waals surface area contributed by atoms with Gasteiger partial charge in [0.05, 0.1) is 12.1 Å². The molecule has 0 fully saturated rings. The molecule has 3 rings (SSSR count). The van der Waals surface area contributed by atoms with E-state index in [0.717, 1.165) is 16.7 Å². The van der Waals surface area contributed by atoms with Gasteiger partial charge in [-0.1, -0.05) is 36.4 Å². The van der Waals surface area contributed by atoms with Crippen molar-refractivity contribution in [3.63, 3.8) is 0 Å².